The van der Waals surface area contributed by atoms with Gasteiger partial charge in [0.25, 0.3) is 0 Å². The maximum Gasteiger partial charge on any atom is 0.226 e. The Hall–Kier alpha value is -1.94. The fraction of sp³-hybridized carbons (Fsp3) is 0.167. The van der Waals surface area contributed by atoms with E-state index >= 15 is 0 Å². The standard InChI is InChI=1S/C6H5N3O3/c7-9-8-2-4-1-5(10)6(11)3-12-4/h1,3,11H,2H2. The third kappa shape index (κ3) is 1.77. The largest absolute Gasteiger partial charge is 0.502 e. The number of nitrogens with zero attached hydrogens (tertiary/aromatic N) is 3. The van der Waals surface area contributed by atoms with E-state index in [2.05, 4.69) is 10.0 Å². The lowest BCUT2D eigenvalue weighted by molar-refractivity contribution is 0.413. The van der Waals surface area contributed by atoms with Gasteiger partial charge in [0, 0.05) is 11.0 Å². The molecule has 1 aromatic rings. The van der Waals surface area contributed by atoms with Crippen LogP contribution >= 0.6 is 0 Å². The molecule has 1 aromatic heterocycles. The molecule has 1 heterocycles. The summed E-state index contributed by atoms with van der Waals surface area (Å²) in [6.45, 7) is -0.0357. The van der Waals surface area contributed by atoms with Crippen LogP contribution in [-0.4, -0.2) is 5.11 Å². The SMILES string of the molecule is [N-]=[N+]=NCc1cc(=O)c(O)co1. The Labute approximate surface area is 66.7 Å². The van der Waals surface area contributed by atoms with Gasteiger partial charge in [-0.3, -0.25) is 4.79 Å². The highest BCUT2D eigenvalue weighted by molar-refractivity contribution is 5.15. The molecule has 0 atom stereocenters. The highest BCUT2D eigenvalue weighted by Gasteiger charge is 1.99. The molecule has 0 saturated carbocycles. The lowest BCUT2D eigenvalue weighted by Gasteiger charge is -1.93. The van der Waals surface area contributed by atoms with Gasteiger partial charge in [-0.05, 0) is 5.53 Å². The first kappa shape index (κ1) is 8.16. The fourth-order valence-electron chi connectivity index (χ4n) is 0.628. The smallest absolute Gasteiger partial charge is 0.226 e. The van der Waals surface area contributed by atoms with Gasteiger partial charge in [0.2, 0.25) is 5.43 Å². The molecule has 0 saturated heterocycles. The minimum Gasteiger partial charge on any atom is -0.502 e. The molecule has 6 heteroatoms. The average molecular weight is 167 g/mol. The molecule has 0 amide bonds. The molecule has 0 radical (unpaired) electrons. The van der Waals surface area contributed by atoms with Gasteiger partial charge < -0.3 is 9.52 Å². The molecule has 0 aliphatic heterocycles. The van der Waals surface area contributed by atoms with Crippen LogP contribution in [0.5, 0.6) is 5.75 Å². The quantitative estimate of drug-likeness (QED) is 0.406. The van der Waals surface area contributed by atoms with E-state index in [9.17, 15) is 4.79 Å². The zero-order chi connectivity index (χ0) is 8.97. The third-order valence-electron chi connectivity index (χ3n) is 1.16. The molecule has 1 rings (SSSR count). The van der Waals surface area contributed by atoms with Gasteiger partial charge in [0.05, 0.1) is 6.54 Å². The number of hydrogen-bond acceptors (Lipinski definition) is 4. The van der Waals surface area contributed by atoms with Gasteiger partial charge in [-0.2, -0.15) is 0 Å². The molecule has 0 fully saturated rings. The van der Waals surface area contributed by atoms with Gasteiger partial charge in [-0.15, -0.1) is 0 Å². The van der Waals surface area contributed by atoms with Crippen LogP contribution in [0.4, 0.5) is 0 Å². The molecule has 0 aromatic carbocycles. The van der Waals surface area contributed by atoms with Crippen molar-refractivity contribution in [1.29, 1.82) is 0 Å². The van der Waals surface area contributed by atoms with Gasteiger partial charge in [-0.25, -0.2) is 0 Å². The molecular formula is C6H5N3O3. The molecular weight excluding hydrogens is 162 g/mol. The van der Waals surface area contributed by atoms with Crippen molar-refractivity contribution in [3.8, 4) is 5.75 Å². The van der Waals surface area contributed by atoms with Gasteiger partial charge in [0.1, 0.15) is 12.0 Å². The van der Waals surface area contributed by atoms with Crippen molar-refractivity contribution in [2.24, 2.45) is 5.11 Å². The third-order valence-corrected chi connectivity index (χ3v) is 1.16. The van der Waals surface area contributed by atoms with Crippen LogP contribution in [0.25, 0.3) is 10.4 Å². The minimum atomic E-state index is -0.551. The van der Waals surface area contributed by atoms with E-state index in [1.165, 1.54) is 0 Å². The maximum absolute atomic E-state index is 10.8. The summed E-state index contributed by atoms with van der Waals surface area (Å²) in [5.74, 6) is -0.240. The number of aromatic hydroxyl groups is 1. The first-order valence-electron chi connectivity index (χ1n) is 3.05. The second-order valence-corrected chi connectivity index (χ2v) is 1.98. The van der Waals surface area contributed by atoms with Crippen LogP contribution in [0, 0.1) is 0 Å². The maximum atomic E-state index is 10.8. The molecule has 1 N–H and O–H groups in total. The Morgan fingerprint density at radius 2 is 2.50 bits per heavy atom. The summed E-state index contributed by atoms with van der Waals surface area (Å²) in [5, 5.41) is 11.9. The van der Waals surface area contributed by atoms with Crippen molar-refractivity contribution in [2.45, 2.75) is 6.54 Å². The van der Waals surface area contributed by atoms with E-state index in [1.807, 2.05) is 0 Å². The number of hydrogen-bond donors (Lipinski definition) is 1. The molecule has 6 nitrogen and oxygen atoms in total. The van der Waals surface area contributed by atoms with Gasteiger partial charge in [-0.1, -0.05) is 5.11 Å². The predicted molar refractivity (Wildman–Crippen MR) is 39.5 cm³/mol. The van der Waals surface area contributed by atoms with Crippen molar-refractivity contribution < 1.29 is 9.52 Å². The molecule has 0 bridgehead atoms. The van der Waals surface area contributed by atoms with Crippen LogP contribution in [0.2, 0.25) is 0 Å². The van der Waals surface area contributed by atoms with Gasteiger partial charge >= 0.3 is 0 Å². The monoisotopic (exact) mass is 167 g/mol. The number of azide groups is 1. The Kier molecular flexibility index (Phi) is 2.35. The predicted octanol–water partition coefficient (Wildman–Crippen LogP) is 1.16. The Morgan fingerprint density at radius 1 is 1.75 bits per heavy atom. The highest BCUT2D eigenvalue weighted by Crippen LogP contribution is 2.04. The topological polar surface area (TPSA) is 99.2 Å². The Balaban J connectivity index is 2.97. The van der Waals surface area contributed by atoms with Crippen LogP contribution in [0.1, 0.15) is 5.76 Å². The lowest BCUT2D eigenvalue weighted by atomic mass is 10.4. The lowest BCUT2D eigenvalue weighted by Crippen LogP contribution is -1.98. The Morgan fingerprint density at radius 3 is 3.08 bits per heavy atom. The first-order valence-corrected chi connectivity index (χ1v) is 3.05. The summed E-state index contributed by atoms with van der Waals surface area (Å²) in [4.78, 5) is 13.2. The van der Waals surface area contributed by atoms with Crippen molar-refractivity contribution >= 4 is 0 Å². The Bertz CT molecular complexity index is 378. The van der Waals surface area contributed by atoms with Crippen molar-refractivity contribution in [3.05, 3.63) is 38.8 Å². The van der Waals surface area contributed by atoms with Crippen LogP contribution in [-0.2, 0) is 6.54 Å². The highest BCUT2D eigenvalue weighted by atomic mass is 16.4. The summed E-state index contributed by atoms with van der Waals surface area (Å²) >= 11 is 0. The van der Waals surface area contributed by atoms with E-state index in [0.29, 0.717) is 0 Å². The summed E-state index contributed by atoms with van der Waals surface area (Å²) in [6, 6.07) is 1.07. The van der Waals surface area contributed by atoms with E-state index in [0.717, 1.165) is 12.3 Å². The average Bonchev–Trinajstić information content (AvgIpc) is 2.07. The first-order chi connectivity index (χ1) is 5.74. The molecule has 0 aliphatic rings. The van der Waals surface area contributed by atoms with Crippen LogP contribution < -0.4 is 5.43 Å². The van der Waals surface area contributed by atoms with E-state index in [-0.39, 0.29) is 12.3 Å². The fourth-order valence-corrected chi connectivity index (χ4v) is 0.628. The van der Waals surface area contributed by atoms with Crippen molar-refractivity contribution in [1.82, 2.24) is 0 Å². The summed E-state index contributed by atoms with van der Waals surface area (Å²) < 4.78 is 4.73. The summed E-state index contributed by atoms with van der Waals surface area (Å²) in [6.07, 6.45) is 0.907. The number of rotatable bonds is 2. The zero-order valence-electron chi connectivity index (χ0n) is 5.97. The molecule has 0 unspecified atom stereocenters. The molecule has 0 aliphatic carbocycles. The van der Waals surface area contributed by atoms with Gasteiger partial charge in [0.15, 0.2) is 5.75 Å². The molecule has 0 spiro atoms. The van der Waals surface area contributed by atoms with Crippen molar-refractivity contribution in [2.75, 3.05) is 0 Å². The van der Waals surface area contributed by atoms with E-state index < -0.39 is 11.2 Å². The summed E-state index contributed by atoms with van der Waals surface area (Å²) in [7, 11) is 0. The van der Waals surface area contributed by atoms with E-state index in [1.54, 1.807) is 0 Å². The van der Waals surface area contributed by atoms with Crippen LogP contribution in [0.3, 0.4) is 0 Å². The van der Waals surface area contributed by atoms with Crippen LogP contribution in [0.15, 0.2) is 26.7 Å². The normalized spacial score (nSPS) is 9.00. The van der Waals surface area contributed by atoms with E-state index in [4.69, 9.17) is 15.1 Å². The summed E-state index contributed by atoms with van der Waals surface area (Å²) in [5.41, 5.74) is 7.39. The zero-order valence-corrected chi connectivity index (χ0v) is 5.97. The minimum absolute atomic E-state index is 0.0357. The second kappa shape index (κ2) is 3.45. The molecule has 12 heavy (non-hydrogen) atoms. The van der Waals surface area contributed by atoms with Crippen molar-refractivity contribution in [3.63, 3.8) is 0 Å². The molecule has 62 valence electrons. The second-order valence-electron chi connectivity index (χ2n) is 1.98.